The third kappa shape index (κ3) is 4.23. The van der Waals surface area contributed by atoms with Crippen molar-refractivity contribution in [2.45, 2.75) is 71.4 Å². The standard InChI is InChI=1S/C24H31BO3/c1-6-7-8-13-19(17-25-27-23(2,3)24(4,5)28-25)22(26)21-16-11-14-18-12-9-10-15-20(18)21/h9-16H,6-8,17H2,1-5H3/b19-13+. The highest BCUT2D eigenvalue weighted by molar-refractivity contribution is 6.48. The van der Waals surface area contributed by atoms with E-state index in [4.69, 9.17) is 9.31 Å². The maximum Gasteiger partial charge on any atom is 0.462 e. The highest BCUT2D eigenvalue weighted by Gasteiger charge is 2.51. The van der Waals surface area contributed by atoms with Crippen molar-refractivity contribution < 1.29 is 14.1 Å². The zero-order valence-electron chi connectivity index (χ0n) is 17.7. The van der Waals surface area contributed by atoms with Gasteiger partial charge in [-0.2, -0.15) is 0 Å². The van der Waals surface area contributed by atoms with Gasteiger partial charge in [-0.3, -0.25) is 4.79 Å². The first-order chi connectivity index (χ1) is 13.2. The van der Waals surface area contributed by atoms with E-state index in [9.17, 15) is 4.79 Å². The molecular weight excluding hydrogens is 347 g/mol. The van der Waals surface area contributed by atoms with Gasteiger partial charge in [0.25, 0.3) is 0 Å². The van der Waals surface area contributed by atoms with Crippen LogP contribution in [0.5, 0.6) is 0 Å². The number of fused-ring (bicyclic) bond motifs is 1. The summed E-state index contributed by atoms with van der Waals surface area (Å²) in [5.41, 5.74) is 0.740. The molecule has 3 rings (SSSR count). The van der Waals surface area contributed by atoms with E-state index in [0.717, 1.165) is 41.2 Å². The summed E-state index contributed by atoms with van der Waals surface area (Å²) in [5.74, 6) is 0.0719. The number of carbonyl (C=O) groups excluding carboxylic acids is 1. The monoisotopic (exact) mass is 378 g/mol. The average molecular weight is 378 g/mol. The quantitative estimate of drug-likeness (QED) is 0.248. The van der Waals surface area contributed by atoms with Crippen molar-refractivity contribution in [3.8, 4) is 0 Å². The molecule has 0 spiro atoms. The number of Topliss-reactive ketones (excluding diaryl/α,β-unsaturated/α-hetero) is 1. The lowest BCUT2D eigenvalue weighted by molar-refractivity contribution is 0.00578. The van der Waals surface area contributed by atoms with Crippen molar-refractivity contribution in [3.63, 3.8) is 0 Å². The van der Waals surface area contributed by atoms with E-state index in [0.29, 0.717) is 6.32 Å². The minimum absolute atomic E-state index is 0.0719. The summed E-state index contributed by atoms with van der Waals surface area (Å²) in [4.78, 5) is 13.5. The number of unbranched alkanes of at least 4 members (excludes halogenated alkanes) is 2. The molecule has 1 aliphatic heterocycles. The van der Waals surface area contributed by atoms with Gasteiger partial charge in [0.2, 0.25) is 0 Å². The van der Waals surface area contributed by atoms with Gasteiger partial charge in [-0.25, -0.2) is 0 Å². The zero-order valence-corrected chi connectivity index (χ0v) is 17.7. The summed E-state index contributed by atoms with van der Waals surface area (Å²) >= 11 is 0. The van der Waals surface area contributed by atoms with Crippen LogP contribution in [0, 0.1) is 0 Å². The molecule has 28 heavy (non-hydrogen) atoms. The fourth-order valence-electron chi connectivity index (χ4n) is 3.57. The molecule has 0 aromatic heterocycles. The number of ketones is 1. The van der Waals surface area contributed by atoms with E-state index < -0.39 is 18.3 Å². The molecule has 0 radical (unpaired) electrons. The van der Waals surface area contributed by atoms with E-state index >= 15 is 0 Å². The minimum Gasteiger partial charge on any atom is -0.403 e. The third-order valence-electron chi connectivity index (χ3n) is 5.96. The van der Waals surface area contributed by atoms with Gasteiger partial charge in [0.05, 0.1) is 11.2 Å². The van der Waals surface area contributed by atoms with Crippen LogP contribution in [0.1, 0.15) is 64.2 Å². The van der Waals surface area contributed by atoms with Crippen LogP contribution in [0.3, 0.4) is 0 Å². The Bertz CT molecular complexity index is 861. The van der Waals surface area contributed by atoms with E-state index in [-0.39, 0.29) is 5.78 Å². The van der Waals surface area contributed by atoms with Gasteiger partial charge >= 0.3 is 7.12 Å². The number of benzene rings is 2. The van der Waals surface area contributed by atoms with E-state index in [2.05, 4.69) is 13.0 Å². The van der Waals surface area contributed by atoms with Crippen LogP contribution in [0.4, 0.5) is 0 Å². The Kier molecular flexibility index (Phi) is 6.11. The molecule has 4 heteroatoms. The molecule has 0 N–H and O–H groups in total. The van der Waals surface area contributed by atoms with Crippen LogP contribution in [0.2, 0.25) is 6.32 Å². The van der Waals surface area contributed by atoms with Crippen molar-refractivity contribution in [1.82, 2.24) is 0 Å². The SMILES string of the molecule is CCCC/C=C(\CB1OC(C)(C)C(C)(C)O1)C(=O)c1cccc2ccccc12. The van der Waals surface area contributed by atoms with Crippen LogP contribution < -0.4 is 0 Å². The van der Waals surface area contributed by atoms with Crippen molar-refractivity contribution in [1.29, 1.82) is 0 Å². The topological polar surface area (TPSA) is 35.5 Å². The van der Waals surface area contributed by atoms with Crippen molar-refractivity contribution >= 4 is 23.7 Å². The molecule has 0 unspecified atom stereocenters. The normalized spacial score (nSPS) is 18.6. The van der Waals surface area contributed by atoms with Crippen molar-refractivity contribution in [2.24, 2.45) is 0 Å². The maximum atomic E-state index is 13.5. The molecule has 0 aliphatic carbocycles. The van der Waals surface area contributed by atoms with Crippen molar-refractivity contribution in [2.75, 3.05) is 0 Å². The van der Waals surface area contributed by atoms with Crippen LogP contribution in [0.15, 0.2) is 54.1 Å². The summed E-state index contributed by atoms with van der Waals surface area (Å²) in [6.07, 6.45) is 5.61. The lowest BCUT2D eigenvalue weighted by Gasteiger charge is -2.32. The summed E-state index contributed by atoms with van der Waals surface area (Å²) in [5, 5.41) is 2.07. The second-order valence-corrected chi connectivity index (χ2v) is 8.62. The average Bonchev–Trinajstić information content (AvgIpc) is 2.86. The Labute approximate surface area is 169 Å². The predicted octanol–water partition coefficient (Wildman–Crippen LogP) is 6.23. The molecule has 2 aromatic carbocycles. The van der Waals surface area contributed by atoms with Crippen LogP contribution in [-0.4, -0.2) is 24.1 Å². The molecule has 2 aromatic rings. The predicted molar refractivity (Wildman–Crippen MR) is 117 cm³/mol. The zero-order chi connectivity index (χ0) is 20.4. The Morgan fingerprint density at radius 3 is 2.32 bits per heavy atom. The maximum absolute atomic E-state index is 13.5. The summed E-state index contributed by atoms with van der Waals surface area (Å²) in [7, 11) is -0.406. The molecule has 1 saturated heterocycles. The molecule has 1 aliphatic rings. The summed E-state index contributed by atoms with van der Waals surface area (Å²) < 4.78 is 12.3. The number of carbonyl (C=O) groups is 1. The molecule has 0 bridgehead atoms. The number of rotatable bonds is 7. The minimum atomic E-state index is -0.406. The van der Waals surface area contributed by atoms with Gasteiger partial charge < -0.3 is 9.31 Å². The van der Waals surface area contributed by atoms with Crippen LogP contribution in [0.25, 0.3) is 10.8 Å². The summed E-state index contributed by atoms with van der Waals surface area (Å²) in [6, 6.07) is 14.0. The van der Waals surface area contributed by atoms with Gasteiger partial charge in [0, 0.05) is 11.9 Å². The van der Waals surface area contributed by atoms with Gasteiger partial charge in [-0.05, 0) is 50.5 Å². The van der Waals surface area contributed by atoms with Gasteiger partial charge in [0.15, 0.2) is 5.78 Å². The smallest absolute Gasteiger partial charge is 0.403 e. The largest absolute Gasteiger partial charge is 0.462 e. The fourth-order valence-corrected chi connectivity index (χ4v) is 3.57. The molecule has 0 atom stereocenters. The fraction of sp³-hybridized carbons (Fsp3) is 0.458. The van der Waals surface area contributed by atoms with Crippen LogP contribution >= 0.6 is 0 Å². The molecule has 1 fully saturated rings. The Hall–Kier alpha value is -1.91. The highest BCUT2D eigenvalue weighted by atomic mass is 16.7. The number of allylic oxidation sites excluding steroid dienone is 2. The van der Waals surface area contributed by atoms with Crippen molar-refractivity contribution in [3.05, 3.63) is 59.7 Å². The Balaban J connectivity index is 1.90. The second-order valence-electron chi connectivity index (χ2n) is 8.62. The van der Waals surface area contributed by atoms with E-state index in [1.165, 1.54) is 0 Å². The number of hydrogen-bond donors (Lipinski definition) is 0. The first-order valence-corrected chi connectivity index (χ1v) is 10.3. The number of hydrogen-bond acceptors (Lipinski definition) is 3. The Morgan fingerprint density at radius 2 is 1.64 bits per heavy atom. The van der Waals surface area contributed by atoms with E-state index in [1.807, 2.05) is 70.2 Å². The molecule has 148 valence electrons. The van der Waals surface area contributed by atoms with Gasteiger partial charge in [0.1, 0.15) is 0 Å². The summed E-state index contributed by atoms with van der Waals surface area (Å²) in [6.45, 7) is 10.3. The molecule has 0 saturated carbocycles. The molecular formula is C24H31BO3. The highest BCUT2D eigenvalue weighted by Crippen LogP contribution is 2.39. The lowest BCUT2D eigenvalue weighted by Crippen LogP contribution is -2.41. The second kappa shape index (κ2) is 8.22. The van der Waals surface area contributed by atoms with Gasteiger partial charge in [-0.15, -0.1) is 0 Å². The third-order valence-corrected chi connectivity index (χ3v) is 5.96. The molecule has 1 heterocycles. The lowest BCUT2D eigenvalue weighted by atomic mass is 9.77. The van der Waals surface area contributed by atoms with E-state index in [1.54, 1.807) is 0 Å². The first kappa shape index (κ1) is 20.8. The molecule has 3 nitrogen and oxygen atoms in total. The van der Waals surface area contributed by atoms with Gasteiger partial charge in [-0.1, -0.05) is 68.3 Å². The van der Waals surface area contributed by atoms with Crippen LogP contribution in [-0.2, 0) is 9.31 Å². The molecule has 0 amide bonds. The Morgan fingerprint density at radius 1 is 1.00 bits per heavy atom. The first-order valence-electron chi connectivity index (χ1n) is 10.3.